The highest BCUT2D eigenvalue weighted by atomic mass is 32.1. The van der Waals surface area contributed by atoms with Gasteiger partial charge in [-0.05, 0) is 30.5 Å². The van der Waals surface area contributed by atoms with Crippen LogP contribution in [0.15, 0.2) is 47.2 Å². The molecule has 10 heteroatoms. The Balaban J connectivity index is 1.34. The Hall–Kier alpha value is -3.24. The first-order valence-corrected chi connectivity index (χ1v) is 11.1. The molecule has 0 bridgehead atoms. The number of amides is 2. The molecule has 154 valence electrons. The van der Waals surface area contributed by atoms with Gasteiger partial charge in [0.05, 0.1) is 22.9 Å². The largest absolute Gasteiger partial charge is 0.492 e. The molecule has 0 saturated heterocycles. The standard InChI is InChI=1S/C20H19N5O3S2/c1-2-28-15-7-4-3-6-14(15)22-19(27)18(26)21-10-9-13-12-30-20-23-17(24-25(13)20)16-8-5-11-29-16/h3-8,11-12H,2,9-10H2,1H3,(H,21,26)(H,22,27). The van der Waals surface area contributed by atoms with Gasteiger partial charge in [0, 0.05) is 18.3 Å². The minimum absolute atomic E-state index is 0.305. The fourth-order valence-corrected chi connectivity index (χ4v) is 4.33. The quantitative estimate of drug-likeness (QED) is 0.429. The SMILES string of the molecule is CCOc1ccccc1NC(=O)C(=O)NCCc1csc2nc(-c3cccs3)nn12. The van der Waals surface area contributed by atoms with E-state index in [9.17, 15) is 9.59 Å². The molecule has 0 aliphatic rings. The number of benzene rings is 1. The lowest BCUT2D eigenvalue weighted by molar-refractivity contribution is -0.136. The second kappa shape index (κ2) is 9.06. The maximum absolute atomic E-state index is 12.2. The summed E-state index contributed by atoms with van der Waals surface area (Å²) in [6.07, 6.45) is 0.530. The van der Waals surface area contributed by atoms with Gasteiger partial charge in [-0.15, -0.1) is 27.8 Å². The lowest BCUT2D eigenvalue weighted by atomic mass is 10.3. The van der Waals surface area contributed by atoms with E-state index < -0.39 is 11.8 Å². The van der Waals surface area contributed by atoms with E-state index in [0.29, 0.717) is 36.8 Å². The topological polar surface area (TPSA) is 97.6 Å². The van der Waals surface area contributed by atoms with Gasteiger partial charge in [0.15, 0.2) is 5.82 Å². The number of para-hydroxylation sites is 2. The molecule has 2 amide bonds. The van der Waals surface area contributed by atoms with Gasteiger partial charge < -0.3 is 15.4 Å². The van der Waals surface area contributed by atoms with Crippen LogP contribution in [0.4, 0.5) is 5.69 Å². The number of carbonyl (C=O) groups is 2. The van der Waals surface area contributed by atoms with Gasteiger partial charge in [-0.2, -0.15) is 4.98 Å². The molecule has 0 aliphatic carbocycles. The van der Waals surface area contributed by atoms with Crippen LogP contribution >= 0.6 is 22.7 Å². The second-order valence-electron chi connectivity index (χ2n) is 6.22. The van der Waals surface area contributed by atoms with Gasteiger partial charge in [0.1, 0.15) is 5.75 Å². The number of aromatic nitrogens is 3. The van der Waals surface area contributed by atoms with Crippen LogP contribution in [0.2, 0.25) is 0 Å². The smallest absolute Gasteiger partial charge is 0.313 e. The Morgan fingerprint density at radius 3 is 2.80 bits per heavy atom. The number of anilines is 1. The second-order valence-corrected chi connectivity index (χ2v) is 8.01. The number of hydrogen-bond acceptors (Lipinski definition) is 7. The van der Waals surface area contributed by atoms with Crippen molar-refractivity contribution in [1.29, 1.82) is 0 Å². The van der Waals surface area contributed by atoms with Gasteiger partial charge in [-0.3, -0.25) is 9.59 Å². The molecule has 0 radical (unpaired) electrons. The molecule has 0 spiro atoms. The van der Waals surface area contributed by atoms with Crippen molar-refractivity contribution >= 4 is 45.1 Å². The Bertz CT molecular complexity index is 1170. The minimum atomic E-state index is -0.738. The highest BCUT2D eigenvalue weighted by molar-refractivity contribution is 7.15. The van der Waals surface area contributed by atoms with Crippen molar-refractivity contribution in [3.63, 3.8) is 0 Å². The van der Waals surface area contributed by atoms with E-state index in [4.69, 9.17) is 4.74 Å². The summed E-state index contributed by atoms with van der Waals surface area (Å²) in [6.45, 7) is 2.62. The normalized spacial score (nSPS) is 10.8. The Morgan fingerprint density at radius 2 is 2.00 bits per heavy atom. The van der Waals surface area contributed by atoms with Crippen LogP contribution in [0.3, 0.4) is 0 Å². The van der Waals surface area contributed by atoms with Crippen LogP contribution in [-0.2, 0) is 16.0 Å². The number of ether oxygens (including phenoxy) is 1. The fourth-order valence-electron chi connectivity index (χ4n) is 2.82. The van der Waals surface area contributed by atoms with Gasteiger partial charge in [0.25, 0.3) is 0 Å². The van der Waals surface area contributed by atoms with Crippen LogP contribution < -0.4 is 15.4 Å². The number of nitrogens with one attached hydrogen (secondary N) is 2. The number of thiazole rings is 1. The minimum Gasteiger partial charge on any atom is -0.492 e. The molecule has 3 heterocycles. The van der Waals surface area contributed by atoms with Crippen LogP contribution in [0, 0.1) is 0 Å². The molecule has 4 aromatic rings. The summed E-state index contributed by atoms with van der Waals surface area (Å²) in [7, 11) is 0. The van der Waals surface area contributed by atoms with E-state index in [2.05, 4.69) is 20.7 Å². The lowest BCUT2D eigenvalue weighted by Gasteiger charge is -2.11. The summed E-state index contributed by atoms with van der Waals surface area (Å²) < 4.78 is 7.24. The molecule has 0 atom stereocenters. The van der Waals surface area contributed by atoms with Crippen molar-refractivity contribution in [3.8, 4) is 16.5 Å². The monoisotopic (exact) mass is 441 g/mol. The third-order valence-corrected chi connectivity index (χ3v) is 5.93. The summed E-state index contributed by atoms with van der Waals surface area (Å²) in [5.41, 5.74) is 1.38. The van der Waals surface area contributed by atoms with Gasteiger partial charge in [-0.25, -0.2) is 4.52 Å². The maximum atomic E-state index is 12.2. The van der Waals surface area contributed by atoms with Crippen molar-refractivity contribution in [3.05, 3.63) is 52.9 Å². The van der Waals surface area contributed by atoms with Gasteiger partial charge in [-0.1, -0.05) is 18.2 Å². The molecule has 0 saturated carbocycles. The molecule has 3 aromatic heterocycles. The van der Waals surface area contributed by atoms with Crippen molar-refractivity contribution in [2.75, 3.05) is 18.5 Å². The van der Waals surface area contributed by atoms with E-state index in [1.165, 1.54) is 11.3 Å². The summed E-state index contributed by atoms with van der Waals surface area (Å²) >= 11 is 3.08. The van der Waals surface area contributed by atoms with Crippen LogP contribution in [0.25, 0.3) is 15.7 Å². The summed E-state index contributed by atoms with van der Waals surface area (Å²) in [6, 6.07) is 10.9. The maximum Gasteiger partial charge on any atom is 0.313 e. The first kappa shape index (κ1) is 20.0. The number of hydrogen-bond donors (Lipinski definition) is 2. The zero-order valence-corrected chi connectivity index (χ0v) is 17.8. The van der Waals surface area contributed by atoms with Crippen LogP contribution in [0.1, 0.15) is 12.6 Å². The highest BCUT2D eigenvalue weighted by Crippen LogP contribution is 2.25. The third-order valence-electron chi connectivity index (χ3n) is 4.20. The van der Waals surface area contributed by atoms with Gasteiger partial charge in [0.2, 0.25) is 4.96 Å². The predicted octanol–water partition coefficient (Wildman–Crippen LogP) is 3.22. The molecule has 8 nitrogen and oxygen atoms in total. The number of thiophene rings is 1. The van der Waals surface area contributed by atoms with Crippen LogP contribution in [-0.4, -0.2) is 39.6 Å². The van der Waals surface area contributed by atoms with E-state index in [1.54, 1.807) is 40.1 Å². The van der Waals surface area contributed by atoms with Crippen molar-refractivity contribution in [1.82, 2.24) is 19.9 Å². The third kappa shape index (κ3) is 4.34. The summed E-state index contributed by atoms with van der Waals surface area (Å²) in [4.78, 5) is 30.7. The molecule has 30 heavy (non-hydrogen) atoms. The zero-order valence-electron chi connectivity index (χ0n) is 16.1. The molecule has 2 N–H and O–H groups in total. The Kier molecular flexibility index (Phi) is 6.05. The average Bonchev–Trinajstić information content (AvgIpc) is 3.47. The number of fused-ring (bicyclic) bond motifs is 1. The zero-order chi connectivity index (χ0) is 20.9. The first-order chi connectivity index (χ1) is 14.7. The first-order valence-electron chi connectivity index (χ1n) is 9.33. The Morgan fingerprint density at radius 1 is 1.13 bits per heavy atom. The number of rotatable bonds is 7. The van der Waals surface area contributed by atoms with Crippen molar-refractivity contribution in [2.24, 2.45) is 0 Å². The highest BCUT2D eigenvalue weighted by Gasteiger charge is 2.16. The van der Waals surface area contributed by atoms with E-state index in [1.807, 2.05) is 29.8 Å². The van der Waals surface area contributed by atoms with Crippen molar-refractivity contribution in [2.45, 2.75) is 13.3 Å². The molecule has 4 rings (SSSR count). The lowest BCUT2D eigenvalue weighted by Crippen LogP contribution is -2.36. The summed E-state index contributed by atoms with van der Waals surface area (Å²) in [5, 5.41) is 13.7. The number of carbonyl (C=O) groups excluding carboxylic acids is 2. The summed E-state index contributed by atoms with van der Waals surface area (Å²) in [5.74, 6) is -0.229. The van der Waals surface area contributed by atoms with E-state index in [-0.39, 0.29) is 0 Å². The van der Waals surface area contributed by atoms with E-state index >= 15 is 0 Å². The molecule has 0 fully saturated rings. The Labute approximate surface area is 180 Å². The van der Waals surface area contributed by atoms with Gasteiger partial charge >= 0.3 is 11.8 Å². The fraction of sp³-hybridized carbons (Fsp3) is 0.200. The molecule has 1 aromatic carbocycles. The van der Waals surface area contributed by atoms with E-state index in [0.717, 1.165) is 15.5 Å². The average molecular weight is 442 g/mol. The molecular weight excluding hydrogens is 422 g/mol. The molecule has 0 unspecified atom stereocenters. The van der Waals surface area contributed by atoms with Crippen LogP contribution in [0.5, 0.6) is 5.75 Å². The number of nitrogens with zero attached hydrogens (tertiary/aromatic N) is 3. The molecule has 0 aliphatic heterocycles. The predicted molar refractivity (Wildman–Crippen MR) is 117 cm³/mol. The van der Waals surface area contributed by atoms with Crippen molar-refractivity contribution < 1.29 is 14.3 Å². The molecular formula is C20H19N5O3S2.